The lowest BCUT2D eigenvalue weighted by Crippen LogP contribution is -2.26. The zero-order chi connectivity index (χ0) is 23.1. The maximum absolute atomic E-state index is 12.0. The fourth-order valence-corrected chi connectivity index (χ4v) is 3.24. The van der Waals surface area contributed by atoms with E-state index in [1.807, 2.05) is 42.5 Å². The number of rotatable bonds is 7. The standard InChI is InChI=1S/C26H28N2O4/c1-6-15-28(18-21-13-12-20-9-7-8-10-22(20)27-21)17-19-11-14-23(24(16-19)30-5)31-25(29)32-26(2,3)4/h1,7-14,16H,15,17-18H2,2-5H3. The van der Waals surface area contributed by atoms with Crippen LogP contribution in [0.4, 0.5) is 4.79 Å². The Labute approximate surface area is 189 Å². The van der Waals surface area contributed by atoms with Gasteiger partial charge in [0.15, 0.2) is 11.5 Å². The van der Waals surface area contributed by atoms with Crippen LogP contribution >= 0.6 is 0 Å². The van der Waals surface area contributed by atoms with Gasteiger partial charge >= 0.3 is 6.16 Å². The van der Waals surface area contributed by atoms with Crippen molar-refractivity contribution in [3.63, 3.8) is 0 Å². The second kappa shape index (κ2) is 10.2. The third kappa shape index (κ3) is 6.47. The first kappa shape index (κ1) is 23.1. The van der Waals surface area contributed by atoms with Gasteiger partial charge in [0, 0.05) is 18.5 Å². The van der Waals surface area contributed by atoms with Gasteiger partial charge in [-0.05, 0) is 50.6 Å². The molecule has 0 aliphatic heterocycles. The molecule has 0 saturated carbocycles. The fourth-order valence-electron chi connectivity index (χ4n) is 3.24. The number of aromatic nitrogens is 1. The molecule has 2 aromatic carbocycles. The van der Waals surface area contributed by atoms with Crippen LogP contribution in [-0.2, 0) is 17.8 Å². The molecule has 3 rings (SSSR count). The summed E-state index contributed by atoms with van der Waals surface area (Å²) in [7, 11) is 1.53. The maximum Gasteiger partial charge on any atom is 0.514 e. The van der Waals surface area contributed by atoms with E-state index in [4.69, 9.17) is 25.6 Å². The molecule has 0 radical (unpaired) electrons. The first-order valence-electron chi connectivity index (χ1n) is 10.4. The first-order chi connectivity index (χ1) is 15.3. The third-order valence-electron chi connectivity index (χ3n) is 4.57. The van der Waals surface area contributed by atoms with Gasteiger partial charge in [-0.3, -0.25) is 9.88 Å². The molecule has 0 amide bonds. The van der Waals surface area contributed by atoms with Gasteiger partial charge < -0.3 is 14.2 Å². The van der Waals surface area contributed by atoms with Crippen LogP contribution in [-0.4, -0.2) is 35.3 Å². The maximum atomic E-state index is 12.0. The fraction of sp³-hybridized carbons (Fsp3) is 0.308. The number of hydrogen-bond donors (Lipinski definition) is 0. The van der Waals surface area contributed by atoms with Crippen LogP contribution in [0, 0.1) is 12.3 Å². The van der Waals surface area contributed by atoms with Crippen molar-refractivity contribution >= 4 is 17.1 Å². The van der Waals surface area contributed by atoms with Gasteiger partial charge in [0.1, 0.15) is 5.60 Å². The van der Waals surface area contributed by atoms with Crippen molar-refractivity contribution < 1.29 is 19.0 Å². The Balaban J connectivity index is 1.73. The van der Waals surface area contributed by atoms with Gasteiger partial charge in [0.2, 0.25) is 0 Å². The molecule has 0 spiro atoms. The average molecular weight is 433 g/mol. The summed E-state index contributed by atoms with van der Waals surface area (Å²) in [6.07, 6.45) is 4.83. The lowest BCUT2D eigenvalue weighted by atomic mass is 10.1. The quantitative estimate of drug-likeness (QED) is 0.291. The molecular weight excluding hydrogens is 404 g/mol. The van der Waals surface area contributed by atoms with Gasteiger partial charge in [-0.15, -0.1) is 6.42 Å². The number of ether oxygens (including phenoxy) is 3. The summed E-state index contributed by atoms with van der Waals surface area (Å²) in [5.74, 6) is 3.45. The number of terminal acetylenes is 1. The zero-order valence-electron chi connectivity index (χ0n) is 18.9. The van der Waals surface area contributed by atoms with Crippen LogP contribution < -0.4 is 9.47 Å². The molecule has 6 nitrogen and oxygen atoms in total. The van der Waals surface area contributed by atoms with Gasteiger partial charge in [0.05, 0.1) is 24.9 Å². The van der Waals surface area contributed by atoms with Crippen molar-refractivity contribution in [3.8, 4) is 23.8 Å². The Kier molecular flexibility index (Phi) is 7.34. The van der Waals surface area contributed by atoms with Crippen LogP contribution in [0.3, 0.4) is 0 Å². The summed E-state index contributed by atoms with van der Waals surface area (Å²) in [5.41, 5.74) is 2.22. The van der Waals surface area contributed by atoms with Crippen LogP contribution in [0.25, 0.3) is 10.9 Å². The van der Waals surface area contributed by atoms with Crippen LogP contribution in [0.15, 0.2) is 54.6 Å². The number of pyridine rings is 1. The topological polar surface area (TPSA) is 60.9 Å². The molecule has 0 unspecified atom stereocenters. The average Bonchev–Trinajstić information content (AvgIpc) is 2.73. The Bertz CT molecular complexity index is 1130. The van der Waals surface area contributed by atoms with Crippen molar-refractivity contribution in [2.24, 2.45) is 0 Å². The van der Waals surface area contributed by atoms with Gasteiger partial charge in [-0.25, -0.2) is 4.79 Å². The number of nitrogens with zero attached hydrogens (tertiary/aromatic N) is 2. The van der Waals surface area contributed by atoms with E-state index in [0.29, 0.717) is 31.1 Å². The van der Waals surface area contributed by atoms with E-state index in [9.17, 15) is 4.79 Å². The SMILES string of the molecule is C#CCN(Cc1ccc(OC(=O)OC(C)(C)C)c(OC)c1)Cc1ccc2ccccc2n1. The molecule has 0 bridgehead atoms. The van der Waals surface area contributed by atoms with Crippen molar-refractivity contribution in [2.45, 2.75) is 39.5 Å². The molecule has 32 heavy (non-hydrogen) atoms. The minimum Gasteiger partial charge on any atom is -0.493 e. The van der Waals surface area contributed by atoms with Gasteiger partial charge in [-0.2, -0.15) is 0 Å². The van der Waals surface area contributed by atoms with E-state index < -0.39 is 11.8 Å². The number of carbonyl (C=O) groups excluding carboxylic acids is 1. The molecule has 1 aromatic heterocycles. The summed E-state index contributed by atoms with van der Waals surface area (Å²) in [4.78, 5) is 18.9. The number of carbonyl (C=O) groups is 1. The number of para-hydroxylation sites is 1. The third-order valence-corrected chi connectivity index (χ3v) is 4.57. The molecule has 0 aliphatic rings. The highest BCUT2D eigenvalue weighted by Crippen LogP contribution is 2.29. The zero-order valence-corrected chi connectivity index (χ0v) is 18.9. The number of benzene rings is 2. The van der Waals surface area contributed by atoms with Crippen LogP contribution in [0.1, 0.15) is 32.0 Å². The van der Waals surface area contributed by atoms with E-state index in [0.717, 1.165) is 22.2 Å². The van der Waals surface area contributed by atoms with E-state index in [-0.39, 0.29) is 0 Å². The minimum atomic E-state index is -0.778. The Morgan fingerprint density at radius 3 is 2.56 bits per heavy atom. The molecule has 0 N–H and O–H groups in total. The molecule has 0 saturated heterocycles. The van der Waals surface area contributed by atoms with Gasteiger partial charge in [0.25, 0.3) is 0 Å². The largest absolute Gasteiger partial charge is 0.514 e. The van der Waals surface area contributed by atoms with E-state index in [1.165, 1.54) is 7.11 Å². The number of methoxy groups -OCH3 is 1. The molecule has 3 aromatic rings. The molecule has 0 aliphatic carbocycles. The highest BCUT2D eigenvalue weighted by Gasteiger charge is 2.20. The summed E-state index contributed by atoms with van der Waals surface area (Å²) >= 11 is 0. The summed E-state index contributed by atoms with van der Waals surface area (Å²) in [6, 6.07) is 17.5. The van der Waals surface area contributed by atoms with E-state index in [1.54, 1.807) is 26.8 Å². The monoisotopic (exact) mass is 432 g/mol. The van der Waals surface area contributed by atoms with Crippen LogP contribution in [0.5, 0.6) is 11.5 Å². The highest BCUT2D eigenvalue weighted by molar-refractivity contribution is 5.78. The smallest absolute Gasteiger partial charge is 0.493 e. The highest BCUT2D eigenvalue weighted by atomic mass is 16.7. The lowest BCUT2D eigenvalue weighted by Gasteiger charge is -2.21. The Morgan fingerprint density at radius 1 is 1.06 bits per heavy atom. The summed E-state index contributed by atoms with van der Waals surface area (Å²) in [5, 5.41) is 1.10. The second-order valence-corrected chi connectivity index (χ2v) is 8.40. The second-order valence-electron chi connectivity index (χ2n) is 8.40. The van der Waals surface area contributed by atoms with Crippen molar-refractivity contribution in [3.05, 3.63) is 65.9 Å². The minimum absolute atomic E-state index is 0.296. The lowest BCUT2D eigenvalue weighted by molar-refractivity contribution is 0.0201. The number of hydrogen-bond acceptors (Lipinski definition) is 6. The molecule has 0 atom stereocenters. The van der Waals surface area contributed by atoms with Crippen molar-refractivity contribution in [1.82, 2.24) is 9.88 Å². The predicted molar refractivity (Wildman–Crippen MR) is 125 cm³/mol. The Hall–Kier alpha value is -3.56. The van der Waals surface area contributed by atoms with E-state index in [2.05, 4.69) is 16.9 Å². The normalized spacial score (nSPS) is 11.2. The molecular formula is C26H28N2O4. The molecule has 1 heterocycles. The summed E-state index contributed by atoms with van der Waals surface area (Å²) in [6.45, 7) is 6.99. The van der Waals surface area contributed by atoms with Crippen molar-refractivity contribution in [2.75, 3.05) is 13.7 Å². The van der Waals surface area contributed by atoms with Gasteiger partial charge in [-0.1, -0.05) is 36.3 Å². The molecule has 0 fully saturated rings. The van der Waals surface area contributed by atoms with E-state index >= 15 is 0 Å². The summed E-state index contributed by atoms with van der Waals surface area (Å²) < 4.78 is 15.9. The first-order valence-corrected chi connectivity index (χ1v) is 10.4. The molecule has 6 heteroatoms. The predicted octanol–water partition coefficient (Wildman–Crippen LogP) is 5.19. The van der Waals surface area contributed by atoms with Crippen LogP contribution in [0.2, 0.25) is 0 Å². The Morgan fingerprint density at radius 2 is 1.84 bits per heavy atom. The van der Waals surface area contributed by atoms with Crippen molar-refractivity contribution in [1.29, 1.82) is 0 Å². The molecule has 166 valence electrons. The number of fused-ring (bicyclic) bond motifs is 1.